The molecule has 2 aliphatic rings. The van der Waals surface area contributed by atoms with Gasteiger partial charge in [-0.15, -0.1) is 12.4 Å². The van der Waals surface area contributed by atoms with E-state index < -0.39 is 6.10 Å². The predicted molar refractivity (Wildman–Crippen MR) is 66.2 cm³/mol. The highest BCUT2D eigenvalue weighted by Crippen LogP contribution is 2.30. The number of nitrogens with zero attached hydrogens (tertiary/aromatic N) is 1. The van der Waals surface area contributed by atoms with Crippen molar-refractivity contribution in [1.29, 1.82) is 0 Å². The molecule has 3 unspecified atom stereocenters. The van der Waals surface area contributed by atoms with E-state index >= 15 is 0 Å². The molecule has 2 N–H and O–H groups in total. The number of fused-ring (bicyclic) bond motifs is 1. The molecule has 0 bridgehead atoms. The van der Waals surface area contributed by atoms with Crippen LogP contribution in [0.3, 0.4) is 0 Å². The van der Waals surface area contributed by atoms with Gasteiger partial charge in [0.25, 0.3) is 5.91 Å². The second-order valence-corrected chi connectivity index (χ2v) is 4.40. The number of methoxy groups -OCH3 is 1. The second-order valence-electron chi connectivity index (χ2n) is 4.40. The van der Waals surface area contributed by atoms with Crippen LogP contribution >= 0.6 is 12.4 Å². The second kappa shape index (κ2) is 6.54. The van der Waals surface area contributed by atoms with E-state index in [-0.39, 0.29) is 37.0 Å². The van der Waals surface area contributed by atoms with Gasteiger partial charge < -0.3 is 20.1 Å². The summed E-state index contributed by atoms with van der Waals surface area (Å²) in [4.78, 5) is 14.1. The van der Waals surface area contributed by atoms with Crippen LogP contribution in [0.1, 0.15) is 19.3 Å². The smallest absolute Gasteiger partial charge is 0.253 e. The van der Waals surface area contributed by atoms with Crippen LogP contribution in [-0.2, 0) is 14.3 Å². The molecular weight excluding hydrogens is 244 g/mol. The fourth-order valence-corrected chi connectivity index (χ4v) is 2.68. The number of ether oxygens (including phenoxy) is 2. The molecule has 3 atom stereocenters. The third-order valence-electron chi connectivity index (χ3n) is 3.54. The summed E-state index contributed by atoms with van der Waals surface area (Å²) in [5.41, 5.74) is 5.52. The standard InChI is InChI=1S/C11H20N2O3.ClH/c1-15-10(7-12)11(14)13-5-6-16-9-4-2-3-8(9)13;/h8-10H,2-7,12H2,1H3;1H. The Hall–Kier alpha value is -0.360. The minimum Gasteiger partial charge on any atom is -0.374 e. The van der Waals surface area contributed by atoms with E-state index in [1.807, 2.05) is 4.90 Å². The monoisotopic (exact) mass is 264 g/mol. The van der Waals surface area contributed by atoms with Gasteiger partial charge in [-0.3, -0.25) is 4.79 Å². The molecule has 0 radical (unpaired) electrons. The first-order valence-corrected chi connectivity index (χ1v) is 5.93. The highest BCUT2D eigenvalue weighted by atomic mass is 35.5. The molecule has 0 aromatic carbocycles. The molecule has 2 rings (SSSR count). The first-order chi connectivity index (χ1) is 7.77. The van der Waals surface area contributed by atoms with Crippen LogP contribution in [0.25, 0.3) is 0 Å². The van der Waals surface area contributed by atoms with Crippen LogP contribution < -0.4 is 5.73 Å². The van der Waals surface area contributed by atoms with Crippen molar-refractivity contribution in [2.75, 3.05) is 26.8 Å². The molecule has 6 heteroatoms. The number of nitrogens with two attached hydrogens (primary N) is 1. The quantitative estimate of drug-likeness (QED) is 0.789. The van der Waals surface area contributed by atoms with Crippen molar-refractivity contribution in [2.45, 2.75) is 37.5 Å². The van der Waals surface area contributed by atoms with E-state index in [0.29, 0.717) is 13.2 Å². The van der Waals surface area contributed by atoms with Gasteiger partial charge in [-0.05, 0) is 19.3 Å². The third kappa shape index (κ3) is 2.91. The Morgan fingerprint density at radius 2 is 2.35 bits per heavy atom. The Morgan fingerprint density at radius 3 is 3.00 bits per heavy atom. The van der Waals surface area contributed by atoms with Gasteiger partial charge in [0.05, 0.1) is 18.8 Å². The lowest BCUT2D eigenvalue weighted by atomic mass is 10.1. The molecule has 17 heavy (non-hydrogen) atoms. The van der Waals surface area contributed by atoms with Crippen molar-refractivity contribution in [3.8, 4) is 0 Å². The van der Waals surface area contributed by atoms with Crippen LogP contribution in [-0.4, -0.2) is 55.9 Å². The maximum atomic E-state index is 12.2. The predicted octanol–water partition coefficient (Wildman–Crippen LogP) is 0.162. The topological polar surface area (TPSA) is 64.8 Å². The van der Waals surface area contributed by atoms with Crippen molar-refractivity contribution in [1.82, 2.24) is 4.90 Å². The van der Waals surface area contributed by atoms with Gasteiger partial charge in [-0.2, -0.15) is 0 Å². The van der Waals surface area contributed by atoms with E-state index in [2.05, 4.69) is 0 Å². The lowest BCUT2D eigenvalue weighted by Gasteiger charge is -2.39. The summed E-state index contributed by atoms with van der Waals surface area (Å²) in [6.45, 7) is 1.54. The van der Waals surface area contributed by atoms with Crippen molar-refractivity contribution in [3.05, 3.63) is 0 Å². The van der Waals surface area contributed by atoms with Gasteiger partial charge in [0.15, 0.2) is 0 Å². The summed E-state index contributed by atoms with van der Waals surface area (Å²) in [5.74, 6) is 0.0187. The average molecular weight is 265 g/mol. The van der Waals surface area contributed by atoms with Crippen molar-refractivity contribution in [2.24, 2.45) is 5.73 Å². The van der Waals surface area contributed by atoms with E-state index in [0.717, 1.165) is 19.3 Å². The number of carbonyl (C=O) groups is 1. The van der Waals surface area contributed by atoms with Crippen LogP contribution in [0.4, 0.5) is 0 Å². The first kappa shape index (κ1) is 14.7. The number of morpholine rings is 1. The zero-order chi connectivity index (χ0) is 11.5. The molecule has 1 saturated carbocycles. The summed E-state index contributed by atoms with van der Waals surface area (Å²) in [5, 5.41) is 0. The number of amides is 1. The zero-order valence-corrected chi connectivity index (χ0v) is 10.9. The molecule has 0 aromatic rings. The van der Waals surface area contributed by atoms with Crippen LogP contribution in [0.15, 0.2) is 0 Å². The minimum absolute atomic E-state index is 0. The molecule has 100 valence electrons. The molecule has 1 aliphatic carbocycles. The van der Waals surface area contributed by atoms with Gasteiger partial charge in [0.1, 0.15) is 6.10 Å². The summed E-state index contributed by atoms with van der Waals surface area (Å²) < 4.78 is 10.8. The molecule has 1 saturated heterocycles. The summed E-state index contributed by atoms with van der Waals surface area (Å²) >= 11 is 0. The fourth-order valence-electron chi connectivity index (χ4n) is 2.68. The largest absolute Gasteiger partial charge is 0.374 e. The number of halogens is 1. The Bertz CT molecular complexity index is 261. The summed E-state index contributed by atoms with van der Waals surface area (Å²) in [6.07, 6.45) is 2.97. The highest BCUT2D eigenvalue weighted by Gasteiger charge is 2.40. The molecule has 1 aliphatic heterocycles. The van der Waals surface area contributed by atoms with Crippen molar-refractivity contribution >= 4 is 18.3 Å². The third-order valence-corrected chi connectivity index (χ3v) is 3.54. The number of carbonyl (C=O) groups excluding carboxylic acids is 1. The van der Waals surface area contributed by atoms with Crippen LogP contribution in [0.5, 0.6) is 0 Å². The molecule has 0 aromatic heterocycles. The molecule has 0 spiro atoms. The SMILES string of the molecule is COC(CN)C(=O)N1CCOC2CCCC21.Cl. The number of hydrogen-bond donors (Lipinski definition) is 1. The highest BCUT2D eigenvalue weighted by molar-refractivity contribution is 5.85. The van der Waals surface area contributed by atoms with Gasteiger partial charge in [0, 0.05) is 20.2 Å². The Kier molecular flexibility index (Phi) is 5.66. The number of hydrogen-bond acceptors (Lipinski definition) is 4. The molecule has 5 nitrogen and oxygen atoms in total. The molecular formula is C11H21ClN2O3. The number of rotatable bonds is 3. The van der Waals surface area contributed by atoms with Gasteiger partial charge in [-0.1, -0.05) is 0 Å². The van der Waals surface area contributed by atoms with E-state index in [9.17, 15) is 4.79 Å². The Balaban J connectivity index is 0.00000144. The lowest BCUT2D eigenvalue weighted by molar-refractivity contribution is -0.153. The average Bonchev–Trinajstić information content (AvgIpc) is 2.78. The van der Waals surface area contributed by atoms with E-state index in [4.69, 9.17) is 15.2 Å². The van der Waals surface area contributed by atoms with Gasteiger partial charge >= 0.3 is 0 Å². The Labute approximate surface area is 108 Å². The van der Waals surface area contributed by atoms with Crippen molar-refractivity contribution in [3.63, 3.8) is 0 Å². The van der Waals surface area contributed by atoms with Crippen LogP contribution in [0, 0.1) is 0 Å². The Morgan fingerprint density at radius 1 is 1.59 bits per heavy atom. The summed E-state index contributed by atoms with van der Waals surface area (Å²) in [7, 11) is 1.53. The van der Waals surface area contributed by atoms with Crippen LogP contribution in [0.2, 0.25) is 0 Å². The van der Waals surface area contributed by atoms with Crippen molar-refractivity contribution < 1.29 is 14.3 Å². The minimum atomic E-state index is -0.501. The normalized spacial score (nSPS) is 29.4. The van der Waals surface area contributed by atoms with E-state index in [1.165, 1.54) is 7.11 Å². The molecule has 2 fully saturated rings. The maximum Gasteiger partial charge on any atom is 0.253 e. The van der Waals surface area contributed by atoms with Gasteiger partial charge in [-0.25, -0.2) is 0 Å². The molecule has 1 heterocycles. The van der Waals surface area contributed by atoms with Gasteiger partial charge in [0.2, 0.25) is 0 Å². The fraction of sp³-hybridized carbons (Fsp3) is 0.909. The first-order valence-electron chi connectivity index (χ1n) is 5.93. The lowest BCUT2D eigenvalue weighted by Crippen LogP contribution is -2.55. The summed E-state index contributed by atoms with van der Waals surface area (Å²) in [6, 6.07) is 0.241. The van der Waals surface area contributed by atoms with E-state index in [1.54, 1.807) is 0 Å². The molecule has 1 amide bonds. The maximum absolute atomic E-state index is 12.2. The zero-order valence-electron chi connectivity index (χ0n) is 10.1.